The minimum Gasteiger partial charge on any atom is -0.497 e. The standard InChI is InChI=1S/C18H18N2O3/c1-3-13-5-4-6-15(11-13)20-18(22)19-12-17(21)14-7-9-16(23-2)10-8-14/h1,4-11,17,21H,12H2,2H3,(H2,19,20,22). The highest BCUT2D eigenvalue weighted by atomic mass is 16.5. The van der Waals surface area contributed by atoms with Crippen LogP contribution in [-0.4, -0.2) is 24.8 Å². The number of hydrogen-bond donors (Lipinski definition) is 3. The fraction of sp³-hybridized carbons (Fsp3) is 0.167. The first-order valence-electron chi connectivity index (χ1n) is 7.06. The molecular weight excluding hydrogens is 292 g/mol. The van der Waals surface area contributed by atoms with Gasteiger partial charge in [-0.05, 0) is 35.9 Å². The summed E-state index contributed by atoms with van der Waals surface area (Å²) in [6.45, 7) is 0.0903. The van der Waals surface area contributed by atoms with Gasteiger partial charge >= 0.3 is 6.03 Å². The smallest absolute Gasteiger partial charge is 0.319 e. The van der Waals surface area contributed by atoms with Gasteiger partial charge < -0.3 is 20.5 Å². The molecule has 5 heteroatoms. The summed E-state index contributed by atoms with van der Waals surface area (Å²) in [6.07, 6.45) is 4.51. The number of amides is 2. The number of methoxy groups -OCH3 is 1. The second-order valence-electron chi connectivity index (χ2n) is 4.85. The molecule has 0 radical (unpaired) electrons. The molecular formula is C18H18N2O3. The normalized spacial score (nSPS) is 11.2. The molecule has 0 fully saturated rings. The molecule has 3 N–H and O–H groups in total. The van der Waals surface area contributed by atoms with E-state index in [9.17, 15) is 9.90 Å². The second-order valence-corrected chi connectivity index (χ2v) is 4.85. The van der Waals surface area contributed by atoms with Gasteiger partial charge in [0, 0.05) is 17.8 Å². The Morgan fingerprint density at radius 3 is 2.70 bits per heavy atom. The van der Waals surface area contributed by atoms with E-state index in [1.165, 1.54) is 0 Å². The van der Waals surface area contributed by atoms with Gasteiger partial charge in [0.25, 0.3) is 0 Å². The number of ether oxygens (including phenoxy) is 1. The molecule has 2 amide bonds. The Bertz CT molecular complexity index is 705. The average Bonchev–Trinajstić information content (AvgIpc) is 2.60. The molecule has 0 aromatic heterocycles. The zero-order chi connectivity index (χ0) is 16.7. The van der Waals surface area contributed by atoms with Gasteiger partial charge in [0.05, 0.1) is 13.2 Å². The quantitative estimate of drug-likeness (QED) is 0.743. The van der Waals surface area contributed by atoms with Crippen molar-refractivity contribution in [1.29, 1.82) is 0 Å². The Morgan fingerprint density at radius 1 is 1.30 bits per heavy atom. The minimum atomic E-state index is -0.802. The highest BCUT2D eigenvalue weighted by Gasteiger charge is 2.10. The maximum atomic E-state index is 11.8. The van der Waals surface area contributed by atoms with E-state index >= 15 is 0 Å². The molecule has 0 bridgehead atoms. The topological polar surface area (TPSA) is 70.6 Å². The number of urea groups is 1. The number of terminal acetylenes is 1. The molecule has 2 aromatic rings. The fourth-order valence-electron chi connectivity index (χ4n) is 2.00. The van der Waals surface area contributed by atoms with E-state index in [0.717, 1.165) is 0 Å². The molecule has 5 nitrogen and oxygen atoms in total. The van der Waals surface area contributed by atoms with E-state index in [1.807, 2.05) is 0 Å². The van der Waals surface area contributed by atoms with Crippen LogP contribution >= 0.6 is 0 Å². The molecule has 0 aliphatic carbocycles. The number of aliphatic hydroxyl groups excluding tert-OH is 1. The van der Waals surface area contributed by atoms with Gasteiger partial charge in [0.15, 0.2) is 0 Å². The molecule has 2 aromatic carbocycles. The van der Waals surface area contributed by atoms with E-state index < -0.39 is 12.1 Å². The summed E-state index contributed by atoms with van der Waals surface area (Å²) in [5, 5.41) is 15.3. The number of rotatable bonds is 5. The van der Waals surface area contributed by atoms with Crippen molar-refractivity contribution in [2.45, 2.75) is 6.10 Å². The lowest BCUT2D eigenvalue weighted by molar-refractivity contribution is 0.175. The van der Waals surface area contributed by atoms with E-state index in [4.69, 9.17) is 11.2 Å². The zero-order valence-corrected chi connectivity index (χ0v) is 12.7. The SMILES string of the molecule is C#Cc1cccc(NC(=O)NCC(O)c2ccc(OC)cc2)c1. The first-order chi connectivity index (χ1) is 11.1. The number of carbonyl (C=O) groups excluding carboxylic acids is 1. The number of nitrogens with one attached hydrogen (secondary N) is 2. The van der Waals surface area contributed by atoms with Crippen LogP contribution in [0.15, 0.2) is 48.5 Å². The summed E-state index contributed by atoms with van der Waals surface area (Å²) in [5.41, 5.74) is 1.97. The van der Waals surface area contributed by atoms with Gasteiger partial charge in [-0.25, -0.2) is 4.79 Å². The predicted molar refractivity (Wildman–Crippen MR) is 89.4 cm³/mol. The van der Waals surface area contributed by atoms with Gasteiger partial charge in [-0.15, -0.1) is 6.42 Å². The minimum absolute atomic E-state index is 0.0903. The largest absolute Gasteiger partial charge is 0.497 e. The van der Waals surface area contributed by atoms with Crippen LogP contribution in [0.5, 0.6) is 5.75 Å². The number of hydrogen-bond acceptors (Lipinski definition) is 3. The van der Waals surface area contributed by atoms with E-state index in [2.05, 4.69) is 16.6 Å². The molecule has 0 heterocycles. The van der Waals surface area contributed by atoms with Crippen LogP contribution in [-0.2, 0) is 0 Å². The molecule has 0 saturated heterocycles. The molecule has 0 aliphatic heterocycles. The highest BCUT2D eigenvalue weighted by molar-refractivity contribution is 5.89. The maximum Gasteiger partial charge on any atom is 0.319 e. The predicted octanol–water partition coefficient (Wildman–Crippen LogP) is 2.53. The summed E-state index contributed by atoms with van der Waals surface area (Å²) in [7, 11) is 1.58. The van der Waals surface area contributed by atoms with Crippen LogP contribution in [0.2, 0.25) is 0 Å². The molecule has 0 saturated carbocycles. The van der Waals surface area contributed by atoms with Crippen molar-refractivity contribution in [3.05, 3.63) is 59.7 Å². The van der Waals surface area contributed by atoms with E-state index in [-0.39, 0.29) is 6.54 Å². The van der Waals surface area contributed by atoms with Crippen molar-refractivity contribution in [2.75, 3.05) is 19.0 Å². The molecule has 0 spiro atoms. The van der Waals surface area contributed by atoms with Crippen molar-refractivity contribution < 1.29 is 14.6 Å². The lowest BCUT2D eigenvalue weighted by atomic mass is 10.1. The van der Waals surface area contributed by atoms with Crippen molar-refractivity contribution in [3.8, 4) is 18.1 Å². The monoisotopic (exact) mass is 310 g/mol. The Kier molecular flexibility index (Phi) is 5.61. The molecule has 23 heavy (non-hydrogen) atoms. The van der Waals surface area contributed by atoms with E-state index in [0.29, 0.717) is 22.6 Å². The van der Waals surface area contributed by atoms with Gasteiger partial charge in [-0.2, -0.15) is 0 Å². The molecule has 0 aliphatic rings. The van der Waals surface area contributed by atoms with Crippen molar-refractivity contribution in [3.63, 3.8) is 0 Å². The third-order valence-electron chi connectivity index (χ3n) is 3.24. The number of benzene rings is 2. The van der Waals surface area contributed by atoms with Gasteiger partial charge in [0.2, 0.25) is 0 Å². The Hall–Kier alpha value is -2.97. The maximum absolute atomic E-state index is 11.8. The molecule has 1 atom stereocenters. The summed E-state index contributed by atoms with van der Waals surface area (Å²) >= 11 is 0. The number of carbonyl (C=O) groups is 1. The lowest BCUT2D eigenvalue weighted by Crippen LogP contribution is -2.32. The van der Waals surface area contributed by atoms with Gasteiger partial charge in [-0.3, -0.25) is 0 Å². The van der Waals surface area contributed by atoms with E-state index in [1.54, 1.807) is 55.6 Å². The van der Waals surface area contributed by atoms with Crippen LogP contribution in [0.3, 0.4) is 0 Å². The van der Waals surface area contributed by atoms with Crippen LogP contribution in [0.25, 0.3) is 0 Å². The van der Waals surface area contributed by atoms with Crippen LogP contribution in [0, 0.1) is 12.3 Å². The molecule has 2 rings (SSSR count). The lowest BCUT2D eigenvalue weighted by Gasteiger charge is -2.13. The van der Waals surface area contributed by atoms with Crippen molar-refractivity contribution >= 4 is 11.7 Å². The molecule has 1 unspecified atom stereocenters. The van der Waals surface area contributed by atoms with Gasteiger partial charge in [-0.1, -0.05) is 24.1 Å². The third-order valence-corrected chi connectivity index (χ3v) is 3.24. The molecule has 118 valence electrons. The third kappa shape index (κ3) is 4.77. The van der Waals surface area contributed by atoms with Crippen LogP contribution < -0.4 is 15.4 Å². The van der Waals surface area contributed by atoms with Crippen molar-refractivity contribution in [2.24, 2.45) is 0 Å². The Labute approximate surface area is 135 Å². The van der Waals surface area contributed by atoms with Crippen LogP contribution in [0.4, 0.5) is 10.5 Å². The zero-order valence-electron chi connectivity index (χ0n) is 12.7. The first kappa shape index (κ1) is 16.4. The Balaban J connectivity index is 1.86. The number of anilines is 1. The van der Waals surface area contributed by atoms with Gasteiger partial charge in [0.1, 0.15) is 5.75 Å². The number of aliphatic hydroxyl groups is 1. The Morgan fingerprint density at radius 2 is 2.04 bits per heavy atom. The summed E-state index contributed by atoms with van der Waals surface area (Å²) in [4.78, 5) is 11.8. The summed E-state index contributed by atoms with van der Waals surface area (Å²) < 4.78 is 5.06. The highest BCUT2D eigenvalue weighted by Crippen LogP contribution is 2.17. The fourth-order valence-corrected chi connectivity index (χ4v) is 2.00. The summed E-state index contributed by atoms with van der Waals surface area (Å²) in [6, 6.07) is 13.6. The average molecular weight is 310 g/mol. The van der Waals surface area contributed by atoms with Crippen molar-refractivity contribution in [1.82, 2.24) is 5.32 Å². The first-order valence-corrected chi connectivity index (χ1v) is 7.06. The second kappa shape index (κ2) is 7.87. The van der Waals surface area contributed by atoms with Crippen LogP contribution in [0.1, 0.15) is 17.2 Å². The summed E-state index contributed by atoms with van der Waals surface area (Å²) in [5.74, 6) is 3.21.